The van der Waals surface area contributed by atoms with E-state index in [9.17, 15) is 9.18 Å². The Hall–Kier alpha value is -3.45. The molecule has 1 aromatic heterocycles. The molecule has 7 heteroatoms. The Balaban J connectivity index is 1.26. The third-order valence-electron chi connectivity index (χ3n) is 5.22. The predicted octanol–water partition coefficient (Wildman–Crippen LogP) is 4.15. The van der Waals surface area contributed by atoms with E-state index in [4.69, 9.17) is 4.74 Å². The second-order valence-corrected chi connectivity index (χ2v) is 7.49. The Bertz CT molecular complexity index is 990. The number of nitrogens with zero attached hydrogens (tertiary/aromatic N) is 3. The monoisotopic (exact) mass is 420 g/mol. The lowest BCUT2D eigenvalue weighted by Crippen LogP contribution is -2.49. The molecule has 0 radical (unpaired) electrons. The van der Waals surface area contributed by atoms with Gasteiger partial charge in [-0.05, 0) is 47.5 Å². The smallest absolute Gasteiger partial charge is 0.321 e. The van der Waals surface area contributed by atoms with Crippen LogP contribution in [0.2, 0.25) is 0 Å². The van der Waals surface area contributed by atoms with Crippen LogP contribution in [0, 0.1) is 5.82 Å². The van der Waals surface area contributed by atoms with Crippen molar-refractivity contribution >= 4 is 11.7 Å². The van der Waals surface area contributed by atoms with Crippen LogP contribution in [0.25, 0.3) is 0 Å². The van der Waals surface area contributed by atoms with Crippen LogP contribution in [0.15, 0.2) is 73.1 Å². The van der Waals surface area contributed by atoms with Crippen molar-refractivity contribution in [2.24, 2.45) is 0 Å². The van der Waals surface area contributed by atoms with Crippen molar-refractivity contribution in [1.82, 2.24) is 14.8 Å². The molecule has 1 N–H and O–H groups in total. The van der Waals surface area contributed by atoms with Crippen LogP contribution in [-0.2, 0) is 13.2 Å². The molecule has 2 aromatic carbocycles. The third kappa shape index (κ3) is 6.02. The fraction of sp³-hybridized carbons (Fsp3) is 0.250. The fourth-order valence-corrected chi connectivity index (χ4v) is 3.47. The van der Waals surface area contributed by atoms with Gasteiger partial charge in [-0.1, -0.05) is 18.2 Å². The Morgan fingerprint density at radius 2 is 1.71 bits per heavy atom. The number of aromatic nitrogens is 1. The first-order chi connectivity index (χ1) is 15.2. The van der Waals surface area contributed by atoms with E-state index in [1.807, 2.05) is 35.2 Å². The van der Waals surface area contributed by atoms with E-state index in [0.717, 1.165) is 25.2 Å². The lowest BCUT2D eigenvalue weighted by Gasteiger charge is -2.34. The molecule has 160 valence electrons. The number of hydrogen-bond acceptors (Lipinski definition) is 4. The summed E-state index contributed by atoms with van der Waals surface area (Å²) in [7, 11) is 0. The number of carbonyl (C=O) groups excluding carboxylic acids is 1. The number of hydrogen-bond donors (Lipinski definition) is 1. The predicted molar refractivity (Wildman–Crippen MR) is 117 cm³/mol. The number of amides is 2. The summed E-state index contributed by atoms with van der Waals surface area (Å²) >= 11 is 0. The van der Waals surface area contributed by atoms with Crippen LogP contribution in [-0.4, -0.2) is 47.0 Å². The fourth-order valence-electron chi connectivity index (χ4n) is 3.47. The number of piperazine rings is 1. The highest BCUT2D eigenvalue weighted by Gasteiger charge is 2.21. The van der Waals surface area contributed by atoms with Crippen LogP contribution in [0.5, 0.6) is 5.75 Å². The minimum atomic E-state index is -0.272. The van der Waals surface area contributed by atoms with Gasteiger partial charge in [-0.15, -0.1) is 0 Å². The van der Waals surface area contributed by atoms with Gasteiger partial charge in [0.15, 0.2) is 0 Å². The molecule has 2 heterocycles. The molecule has 0 spiro atoms. The second kappa shape index (κ2) is 10.0. The van der Waals surface area contributed by atoms with Crippen molar-refractivity contribution in [1.29, 1.82) is 0 Å². The molecule has 0 aliphatic carbocycles. The zero-order chi connectivity index (χ0) is 21.5. The highest BCUT2D eigenvalue weighted by molar-refractivity contribution is 5.89. The molecule has 1 aliphatic heterocycles. The summed E-state index contributed by atoms with van der Waals surface area (Å²) < 4.78 is 18.8. The Morgan fingerprint density at radius 1 is 0.968 bits per heavy atom. The molecule has 1 aliphatic rings. The van der Waals surface area contributed by atoms with Crippen LogP contribution in [0.3, 0.4) is 0 Å². The number of pyridine rings is 1. The molecule has 4 rings (SSSR count). The zero-order valence-corrected chi connectivity index (χ0v) is 17.2. The SMILES string of the molecule is O=C(Nc1cccc(OCc2ccc(F)cc2)c1)N1CCN(Cc2ccncc2)CC1. The van der Waals surface area contributed by atoms with Crippen molar-refractivity contribution in [3.8, 4) is 5.75 Å². The lowest BCUT2D eigenvalue weighted by molar-refractivity contribution is 0.143. The van der Waals surface area contributed by atoms with Crippen molar-refractivity contribution in [3.05, 3.63) is 90.0 Å². The first-order valence-electron chi connectivity index (χ1n) is 10.3. The van der Waals surface area contributed by atoms with E-state index >= 15 is 0 Å². The molecule has 3 aromatic rings. The number of benzene rings is 2. The van der Waals surface area contributed by atoms with E-state index in [-0.39, 0.29) is 11.8 Å². The van der Waals surface area contributed by atoms with Crippen molar-refractivity contribution in [2.45, 2.75) is 13.2 Å². The Morgan fingerprint density at radius 3 is 2.45 bits per heavy atom. The summed E-state index contributed by atoms with van der Waals surface area (Å²) in [5, 5.41) is 2.95. The highest BCUT2D eigenvalue weighted by Crippen LogP contribution is 2.19. The van der Waals surface area contributed by atoms with Gasteiger partial charge in [0.2, 0.25) is 0 Å². The van der Waals surface area contributed by atoms with Gasteiger partial charge in [0, 0.05) is 56.9 Å². The van der Waals surface area contributed by atoms with Crippen molar-refractivity contribution in [3.63, 3.8) is 0 Å². The summed E-state index contributed by atoms with van der Waals surface area (Å²) in [5.74, 6) is 0.371. The molecule has 0 atom stereocenters. The average Bonchev–Trinajstić information content (AvgIpc) is 2.80. The minimum absolute atomic E-state index is 0.112. The second-order valence-electron chi connectivity index (χ2n) is 7.49. The quantitative estimate of drug-likeness (QED) is 0.651. The molecular formula is C24H25FN4O2. The number of ether oxygens (including phenoxy) is 1. The van der Waals surface area contributed by atoms with Gasteiger partial charge in [-0.2, -0.15) is 0 Å². The van der Waals surface area contributed by atoms with Gasteiger partial charge in [-0.3, -0.25) is 9.88 Å². The first-order valence-corrected chi connectivity index (χ1v) is 10.3. The number of urea groups is 1. The molecule has 31 heavy (non-hydrogen) atoms. The van der Waals surface area contributed by atoms with E-state index in [2.05, 4.69) is 15.2 Å². The number of carbonyl (C=O) groups is 1. The number of nitrogens with one attached hydrogen (secondary N) is 1. The van der Waals surface area contributed by atoms with Gasteiger partial charge in [0.1, 0.15) is 18.2 Å². The Labute approximate surface area is 181 Å². The van der Waals surface area contributed by atoms with Gasteiger partial charge in [0.25, 0.3) is 0 Å². The number of rotatable bonds is 6. The van der Waals surface area contributed by atoms with Crippen LogP contribution in [0.4, 0.5) is 14.9 Å². The minimum Gasteiger partial charge on any atom is -0.489 e. The molecule has 0 bridgehead atoms. The molecule has 1 fully saturated rings. The Kier molecular flexibility index (Phi) is 6.74. The summed E-state index contributed by atoms with van der Waals surface area (Å²) in [6, 6.07) is 17.4. The number of anilines is 1. The summed E-state index contributed by atoms with van der Waals surface area (Å²) in [5.41, 5.74) is 2.78. The molecular weight excluding hydrogens is 395 g/mol. The van der Waals surface area contributed by atoms with Crippen LogP contribution < -0.4 is 10.1 Å². The van der Waals surface area contributed by atoms with Gasteiger partial charge in [-0.25, -0.2) is 9.18 Å². The first kappa shape index (κ1) is 20.8. The highest BCUT2D eigenvalue weighted by atomic mass is 19.1. The third-order valence-corrected chi connectivity index (χ3v) is 5.22. The van der Waals surface area contributed by atoms with E-state index < -0.39 is 0 Å². The van der Waals surface area contributed by atoms with Gasteiger partial charge in [0.05, 0.1) is 0 Å². The summed E-state index contributed by atoms with van der Waals surface area (Å²) in [6.07, 6.45) is 3.60. The topological polar surface area (TPSA) is 57.7 Å². The molecule has 0 unspecified atom stereocenters. The standard InChI is InChI=1S/C24H25FN4O2/c25-21-6-4-20(5-7-21)18-31-23-3-1-2-22(16-23)27-24(30)29-14-12-28(13-15-29)17-19-8-10-26-11-9-19/h1-11,16H,12-15,17-18H2,(H,27,30). The number of halogens is 1. The maximum Gasteiger partial charge on any atom is 0.321 e. The lowest BCUT2D eigenvalue weighted by atomic mass is 10.2. The van der Waals surface area contributed by atoms with E-state index in [0.29, 0.717) is 31.1 Å². The molecule has 1 saturated heterocycles. The largest absolute Gasteiger partial charge is 0.489 e. The maximum atomic E-state index is 13.0. The maximum absolute atomic E-state index is 13.0. The molecule has 0 saturated carbocycles. The van der Waals surface area contributed by atoms with E-state index in [1.165, 1.54) is 17.7 Å². The summed E-state index contributed by atoms with van der Waals surface area (Å²) in [4.78, 5) is 20.9. The molecule has 6 nitrogen and oxygen atoms in total. The summed E-state index contributed by atoms with van der Waals surface area (Å²) in [6.45, 7) is 4.21. The van der Waals surface area contributed by atoms with Gasteiger partial charge >= 0.3 is 6.03 Å². The van der Waals surface area contributed by atoms with Crippen LogP contribution >= 0.6 is 0 Å². The van der Waals surface area contributed by atoms with Gasteiger partial charge < -0.3 is 15.0 Å². The average molecular weight is 420 g/mol. The normalized spacial score (nSPS) is 14.3. The molecule has 2 amide bonds. The van der Waals surface area contributed by atoms with Crippen molar-refractivity contribution in [2.75, 3.05) is 31.5 Å². The van der Waals surface area contributed by atoms with Crippen molar-refractivity contribution < 1.29 is 13.9 Å². The van der Waals surface area contributed by atoms with Crippen LogP contribution in [0.1, 0.15) is 11.1 Å². The van der Waals surface area contributed by atoms with E-state index in [1.54, 1.807) is 30.6 Å². The zero-order valence-electron chi connectivity index (χ0n) is 17.2.